The summed E-state index contributed by atoms with van der Waals surface area (Å²) in [6.45, 7) is 4.65. The highest BCUT2D eigenvalue weighted by Crippen LogP contribution is 2.28. The van der Waals surface area contributed by atoms with Crippen LogP contribution in [-0.4, -0.2) is 77.6 Å². The Hall–Kier alpha value is -1.83. The van der Waals surface area contributed by atoms with E-state index in [1.807, 2.05) is 11.8 Å². The molecule has 3 aliphatic rings. The lowest BCUT2D eigenvalue weighted by molar-refractivity contribution is -0.139. The third-order valence-corrected chi connectivity index (χ3v) is 6.04. The minimum Gasteiger partial charge on any atom is -0.480 e. The Kier molecular flexibility index (Phi) is 6.57. The van der Waals surface area contributed by atoms with Crippen molar-refractivity contribution in [3.63, 3.8) is 0 Å². The van der Waals surface area contributed by atoms with Crippen molar-refractivity contribution in [1.29, 1.82) is 0 Å². The van der Waals surface area contributed by atoms with Crippen molar-refractivity contribution >= 4 is 17.9 Å². The van der Waals surface area contributed by atoms with Crippen molar-refractivity contribution in [2.75, 3.05) is 32.7 Å². The molecule has 8 nitrogen and oxygen atoms in total. The highest BCUT2D eigenvalue weighted by Gasteiger charge is 2.36. The van der Waals surface area contributed by atoms with Crippen LogP contribution in [0.1, 0.15) is 45.4 Å². The van der Waals surface area contributed by atoms with E-state index in [1.165, 1.54) is 12.8 Å². The molecule has 3 rings (SSSR count). The van der Waals surface area contributed by atoms with Gasteiger partial charge in [0.15, 0.2) is 0 Å². The number of carbonyl (C=O) groups excluding carboxylic acids is 2. The van der Waals surface area contributed by atoms with E-state index in [0.717, 1.165) is 32.2 Å². The highest BCUT2D eigenvalue weighted by molar-refractivity contribution is 5.81. The maximum atomic E-state index is 12.5. The maximum Gasteiger partial charge on any atom is 0.317 e. The lowest BCUT2D eigenvalue weighted by Gasteiger charge is -2.43. The Morgan fingerprint density at radius 3 is 2.56 bits per heavy atom. The van der Waals surface area contributed by atoms with Gasteiger partial charge in [-0.1, -0.05) is 6.92 Å². The molecule has 27 heavy (non-hydrogen) atoms. The Morgan fingerprint density at radius 1 is 1.19 bits per heavy atom. The average molecular weight is 380 g/mol. The second-order valence-electron chi connectivity index (χ2n) is 8.20. The predicted octanol–water partition coefficient (Wildman–Crippen LogP) is 0.872. The van der Waals surface area contributed by atoms with Crippen LogP contribution in [0, 0.1) is 11.8 Å². The van der Waals surface area contributed by atoms with Crippen LogP contribution in [0.15, 0.2) is 0 Å². The van der Waals surface area contributed by atoms with Gasteiger partial charge in [0, 0.05) is 31.7 Å². The summed E-state index contributed by atoms with van der Waals surface area (Å²) in [6.07, 6.45) is 5.68. The van der Waals surface area contributed by atoms with Crippen molar-refractivity contribution in [2.24, 2.45) is 11.8 Å². The molecule has 1 unspecified atom stereocenters. The van der Waals surface area contributed by atoms with Gasteiger partial charge in [0.1, 0.15) is 0 Å². The number of amides is 3. The van der Waals surface area contributed by atoms with E-state index in [4.69, 9.17) is 5.11 Å². The van der Waals surface area contributed by atoms with E-state index in [2.05, 4.69) is 10.6 Å². The van der Waals surface area contributed by atoms with Gasteiger partial charge in [-0.15, -0.1) is 0 Å². The Balaban J connectivity index is 1.39. The van der Waals surface area contributed by atoms with Crippen molar-refractivity contribution in [3.05, 3.63) is 0 Å². The standard InChI is InChI=1S/C19H32N4O4/c1-2-22(12-17(24)25)16-8-15(9-16)21-19(27)23-7-3-4-14(11-23)18(26)20-10-13-5-6-13/h13-16H,2-12H2,1H3,(H,20,26)(H,21,27)(H,24,25). The number of urea groups is 1. The predicted molar refractivity (Wildman–Crippen MR) is 100 cm³/mol. The number of carboxylic acids is 1. The van der Waals surface area contributed by atoms with E-state index in [1.54, 1.807) is 4.90 Å². The molecule has 3 amide bonds. The van der Waals surface area contributed by atoms with E-state index in [9.17, 15) is 14.4 Å². The van der Waals surface area contributed by atoms with Crippen LogP contribution in [0.2, 0.25) is 0 Å². The topological polar surface area (TPSA) is 102 Å². The van der Waals surface area contributed by atoms with E-state index >= 15 is 0 Å². The van der Waals surface area contributed by atoms with Gasteiger partial charge in [-0.2, -0.15) is 0 Å². The molecule has 0 aromatic carbocycles. The number of nitrogens with one attached hydrogen (secondary N) is 2. The quantitative estimate of drug-likeness (QED) is 0.580. The number of hydrogen-bond acceptors (Lipinski definition) is 4. The molecular formula is C19H32N4O4. The smallest absolute Gasteiger partial charge is 0.317 e. The van der Waals surface area contributed by atoms with E-state index in [-0.39, 0.29) is 36.5 Å². The van der Waals surface area contributed by atoms with Crippen molar-refractivity contribution in [2.45, 2.75) is 57.5 Å². The van der Waals surface area contributed by atoms with Crippen LogP contribution in [-0.2, 0) is 9.59 Å². The number of hydrogen-bond donors (Lipinski definition) is 3. The van der Waals surface area contributed by atoms with Crippen molar-refractivity contribution in [1.82, 2.24) is 20.4 Å². The Morgan fingerprint density at radius 2 is 1.93 bits per heavy atom. The molecule has 0 bridgehead atoms. The number of carboxylic acid groups (broad SMARTS) is 1. The first-order valence-electron chi connectivity index (χ1n) is 10.2. The van der Waals surface area contributed by atoms with Crippen LogP contribution in [0.4, 0.5) is 4.79 Å². The van der Waals surface area contributed by atoms with E-state index < -0.39 is 5.97 Å². The van der Waals surface area contributed by atoms with Crippen LogP contribution in [0.25, 0.3) is 0 Å². The molecular weight excluding hydrogens is 348 g/mol. The molecule has 1 heterocycles. The SMILES string of the molecule is CCN(CC(=O)O)C1CC(NC(=O)N2CCCC(C(=O)NCC3CC3)C2)C1. The number of carbonyl (C=O) groups is 3. The van der Waals surface area contributed by atoms with Crippen molar-refractivity contribution in [3.8, 4) is 0 Å². The number of likely N-dealkylation sites (N-methyl/N-ethyl adjacent to an activating group) is 1. The fraction of sp³-hybridized carbons (Fsp3) is 0.842. The summed E-state index contributed by atoms with van der Waals surface area (Å²) in [5.74, 6) is -0.185. The van der Waals surface area contributed by atoms with Gasteiger partial charge in [-0.05, 0) is 51.0 Å². The summed E-state index contributed by atoms with van der Waals surface area (Å²) >= 11 is 0. The van der Waals surface area contributed by atoms with Gasteiger partial charge >= 0.3 is 12.0 Å². The maximum absolute atomic E-state index is 12.5. The average Bonchev–Trinajstić information content (AvgIpc) is 3.44. The fourth-order valence-corrected chi connectivity index (χ4v) is 4.03. The van der Waals surface area contributed by atoms with Crippen LogP contribution in [0.5, 0.6) is 0 Å². The molecule has 3 N–H and O–H groups in total. The summed E-state index contributed by atoms with van der Waals surface area (Å²) in [5.41, 5.74) is 0. The number of likely N-dealkylation sites (tertiary alicyclic amines) is 1. The molecule has 2 saturated carbocycles. The summed E-state index contributed by atoms with van der Waals surface area (Å²) in [6, 6.07) is 0.215. The molecule has 0 aromatic rings. The second kappa shape index (κ2) is 8.91. The highest BCUT2D eigenvalue weighted by atomic mass is 16.4. The van der Waals surface area contributed by atoms with Gasteiger partial charge < -0.3 is 20.6 Å². The zero-order chi connectivity index (χ0) is 19.4. The lowest BCUT2D eigenvalue weighted by Crippen LogP contribution is -2.58. The molecule has 0 spiro atoms. The molecule has 0 radical (unpaired) electrons. The Labute approximate surface area is 160 Å². The molecule has 1 atom stereocenters. The fourth-order valence-electron chi connectivity index (χ4n) is 4.03. The molecule has 1 aliphatic heterocycles. The first kappa shape index (κ1) is 19.9. The lowest BCUT2D eigenvalue weighted by atomic mass is 9.85. The minimum absolute atomic E-state index is 0.0472. The minimum atomic E-state index is -0.816. The molecule has 3 fully saturated rings. The van der Waals surface area contributed by atoms with Crippen LogP contribution in [0.3, 0.4) is 0 Å². The molecule has 2 aliphatic carbocycles. The molecule has 0 aromatic heterocycles. The monoisotopic (exact) mass is 380 g/mol. The number of aliphatic carboxylic acids is 1. The largest absolute Gasteiger partial charge is 0.480 e. The number of rotatable bonds is 8. The third-order valence-electron chi connectivity index (χ3n) is 6.04. The normalized spacial score (nSPS) is 27.8. The number of piperidine rings is 1. The zero-order valence-electron chi connectivity index (χ0n) is 16.2. The van der Waals surface area contributed by atoms with E-state index in [0.29, 0.717) is 25.6 Å². The molecule has 152 valence electrons. The van der Waals surface area contributed by atoms with Crippen LogP contribution >= 0.6 is 0 Å². The zero-order valence-corrected chi connectivity index (χ0v) is 16.2. The third kappa shape index (κ3) is 5.57. The first-order valence-corrected chi connectivity index (χ1v) is 10.2. The van der Waals surface area contributed by atoms with Gasteiger partial charge in [-0.25, -0.2) is 4.79 Å². The summed E-state index contributed by atoms with van der Waals surface area (Å²) in [5, 5.41) is 15.0. The number of nitrogens with zero attached hydrogens (tertiary/aromatic N) is 2. The van der Waals surface area contributed by atoms with Gasteiger partial charge in [0.25, 0.3) is 0 Å². The summed E-state index contributed by atoms with van der Waals surface area (Å²) in [7, 11) is 0. The van der Waals surface area contributed by atoms with Crippen LogP contribution < -0.4 is 10.6 Å². The first-order chi connectivity index (χ1) is 13.0. The van der Waals surface area contributed by atoms with Gasteiger partial charge in [0.2, 0.25) is 5.91 Å². The van der Waals surface area contributed by atoms with Gasteiger partial charge in [-0.3, -0.25) is 14.5 Å². The summed E-state index contributed by atoms with van der Waals surface area (Å²) < 4.78 is 0. The summed E-state index contributed by atoms with van der Waals surface area (Å²) in [4.78, 5) is 39.4. The molecule has 1 saturated heterocycles. The second-order valence-corrected chi connectivity index (χ2v) is 8.20. The van der Waals surface area contributed by atoms with Crippen molar-refractivity contribution < 1.29 is 19.5 Å². The Bertz CT molecular complexity index is 560. The van der Waals surface area contributed by atoms with Gasteiger partial charge in [0.05, 0.1) is 12.5 Å². The molecule has 8 heteroatoms.